The van der Waals surface area contributed by atoms with Crippen LogP contribution in [0, 0.1) is 40.2 Å². The van der Waals surface area contributed by atoms with Crippen LogP contribution in [-0.2, 0) is 14.4 Å². The summed E-state index contributed by atoms with van der Waals surface area (Å²) in [5, 5.41) is 24.3. The summed E-state index contributed by atoms with van der Waals surface area (Å²) in [7, 11) is 0. The highest BCUT2D eigenvalue weighted by Gasteiger charge is 2.48. The van der Waals surface area contributed by atoms with Gasteiger partial charge in [-0.1, -0.05) is 42.8 Å². The van der Waals surface area contributed by atoms with Gasteiger partial charge in [-0.3, -0.25) is 29.4 Å². The molecule has 3 amide bonds. The number of hydrogen-bond donors (Lipinski definition) is 1. The minimum absolute atomic E-state index is 0.143. The Morgan fingerprint density at radius 3 is 2.55 bits per heavy atom. The minimum Gasteiger partial charge on any atom is -0.321 e. The molecule has 1 aliphatic carbocycles. The first-order chi connectivity index (χ1) is 21.2. The Kier molecular flexibility index (Phi) is 7.99. The third-order valence-corrected chi connectivity index (χ3v) is 9.92. The molecule has 44 heavy (non-hydrogen) atoms. The second-order valence-corrected chi connectivity index (χ2v) is 13.0. The summed E-state index contributed by atoms with van der Waals surface area (Å²) in [6.45, 7) is 1.88. The topological polar surface area (TPSA) is 146 Å². The summed E-state index contributed by atoms with van der Waals surface area (Å²) in [6.07, 6.45) is 4.69. The normalized spacial score (nSPS) is 18.3. The lowest BCUT2D eigenvalue weighted by Crippen LogP contribution is -2.30. The third-order valence-electron chi connectivity index (χ3n) is 7.78. The van der Waals surface area contributed by atoms with Crippen LogP contribution < -0.4 is 10.2 Å². The molecule has 3 aromatic carbocycles. The van der Waals surface area contributed by atoms with Crippen LogP contribution >= 0.6 is 23.1 Å². The van der Waals surface area contributed by atoms with Crippen molar-refractivity contribution in [1.29, 1.82) is 5.26 Å². The molecular weight excluding hydrogens is 599 g/mol. The number of hydrogen-bond acceptors (Lipinski definition) is 9. The van der Waals surface area contributed by atoms with Crippen LogP contribution in [0.15, 0.2) is 75.5 Å². The molecule has 1 aliphatic heterocycles. The van der Waals surface area contributed by atoms with Gasteiger partial charge in [0.25, 0.3) is 11.6 Å². The minimum atomic E-state index is -0.621. The Bertz CT molecular complexity index is 1900. The molecule has 2 aliphatic rings. The third kappa shape index (κ3) is 5.71. The molecule has 2 heterocycles. The maximum Gasteiger partial charge on any atom is 0.283 e. The molecule has 4 aromatic rings. The SMILES string of the molecule is Cc1cccc(NC(=O)/C(C#N)=C/c2ccc(Sc3nc4ccc(N5C(=O)[C@@H]6CCCC[C@H]6C5=O)cc4s3)c([N+](=O)[O-])c2)c1. The number of nitriles is 1. The van der Waals surface area contributed by atoms with Gasteiger partial charge < -0.3 is 5.32 Å². The van der Waals surface area contributed by atoms with Crippen molar-refractivity contribution in [1.82, 2.24) is 4.98 Å². The first-order valence-electron chi connectivity index (χ1n) is 14.0. The van der Waals surface area contributed by atoms with E-state index in [1.165, 1.54) is 28.4 Å². The summed E-state index contributed by atoms with van der Waals surface area (Å²) in [5.74, 6) is -1.40. The Balaban J connectivity index is 1.23. The number of carbonyl (C=O) groups is 3. The highest BCUT2D eigenvalue weighted by molar-refractivity contribution is 8.01. The Morgan fingerprint density at radius 2 is 1.86 bits per heavy atom. The fourth-order valence-corrected chi connectivity index (χ4v) is 7.82. The number of imide groups is 1. The number of benzene rings is 3. The van der Waals surface area contributed by atoms with E-state index in [-0.39, 0.29) is 34.9 Å². The van der Waals surface area contributed by atoms with Crippen molar-refractivity contribution in [3.63, 3.8) is 0 Å². The number of nitro benzene ring substituents is 1. The van der Waals surface area contributed by atoms with Crippen LogP contribution in [0.1, 0.15) is 36.8 Å². The molecule has 1 aromatic heterocycles. The van der Waals surface area contributed by atoms with Gasteiger partial charge in [0.2, 0.25) is 11.8 Å². The van der Waals surface area contributed by atoms with E-state index in [4.69, 9.17) is 0 Å². The first kappa shape index (κ1) is 29.2. The molecule has 10 nitrogen and oxygen atoms in total. The van der Waals surface area contributed by atoms with Crippen LogP contribution in [0.2, 0.25) is 0 Å². The maximum atomic E-state index is 13.1. The van der Waals surface area contributed by atoms with Gasteiger partial charge in [0, 0.05) is 11.8 Å². The number of nitrogens with one attached hydrogen (secondary N) is 1. The quantitative estimate of drug-likeness (QED) is 0.0770. The molecule has 12 heteroatoms. The van der Waals surface area contributed by atoms with Crippen LogP contribution in [0.3, 0.4) is 0 Å². The van der Waals surface area contributed by atoms with E-state index in [9.17, 15) is 29.8 Å². The predicted molar refractivity (Wildman–Crippen MR) is 168 cm³/mol. The molecule has 2 fully saturated rings. The van der Waals surface area contributed by atoms with Gasteiger partial charge in [0.1, 0.15) is 11.6 Å². The number of fused-ring (bicyclic) bond motifs is 2. The molecule has 1 N–H and O–H groups in total. The van der Waals surface area contributed by atoms with E-state index in [0.717, 1.165) is 47.7 Å². The fourth-order valence-electron chi connectivity index (χ4n) is 5.68. The zero-order valence-corrected chi connectivity index (χ0v) is 25.1. The van der Waals surface area contributed by atoms with E-state index >= 15 is 0 Å². The van der Waals surface area contributed by atoms with Crippen molar-refractivity contribution in [2.45, 2.75) is 41.8 Å². The lowest BCUT2D eigenvalue weighted by molar-refractivity contribution is -0.387. The number of thiazole rings is 1. The molecule has 2 atom stereocenters. The van der Waals surface area contributed by atoms with Gasteiger partial charge in [0.15, 0.2) is 4.34 Å². The van der Waals surface area contributed by atoms with E-state index in [1.54, 1.807) is 48.5 Å². The lowest BCUT2D eigenvalue weighted by Gasteiger charge is -2.19. The molecular formula is C32H25N5O5S2. The summed E-state index contributed by atoms with van der Waals surface area (Å²) in [6, 6.07) is 18.7. The average Bonchev–Trinajstić information content (AvgIpc) is 3.52. The molecule has 0 radical (unpaired) electrons. The van der Waals surface area contributed by atoms with Crippen LogP contribution in [0.25, 0.3) is 16.3 Å². The van der Waals surface area contributed by atoms with Crippen LogP contribution in [0.5, 0.6) is 0 Å². The molecule has 6 rings (SSSR count). The van der Waals surface area contributed by atoms with E-state index in [1.807, 2.05) is 19.1 Å². The summed E-state index contributed by atoms with van der Waals surface area (Å²) >= 11 is 2.43. The summed E-state index contributed by atoms with van der Waals surface area (Å²) in [5.41, 5.74) is 2.58. The van der Waals surface area contributed by atoms with Gasteiger partial charge in [-0.15, -0.1) is 11.3 Å². The second-order valence-electron chi connectivity index (χ2n) is 10.7. The number of carbonyl (C=O) groups excluding carboxylic acids is 3. The lowest BCUT2D eigenvalue weighted by atomic mass is 9.81. The van der Waals surface area contributed by atoms with E-state index in [2.05, 4.69) is 10.3 Å². The second kappa shape index (κ2) is 12.0. The number of aryl methyl sites for hydroxylation is 1. The van der Waals surface area contributed by atoms with Crippen molar-refractivity contribution < 1.29 is 19.3 Å². The Morgan fingerprint density at radius 1 is 1.11 bits per heavy atom. The molecule has 1 saturated carbocycles. The van der Waals surface area contributed by atoms with Gasteiger partial charge in [-0.2, -0.15) is 5.26 Å². The number of nitro groups is 1. The monoisotopic (exact) mass is 623 g/mol. The summed E-state index contributed by atoms with van der Waals surface area (Å²) in [4.78, 5) is 56.5. The molecule has 0 unspecified atom stereocenters. The fraction of sp³-hybridized carbons (Fsp3) is 0.219. The van der Waals surface area contributed by atoms with E-state index < -0.39 is 10.8 Å². The van der Waals surface area contributed by atoms with Crippen molar-refractivity contribution in [3.8, 4) is 6.07 Å². The molecule has 0 bridgehead atoms. The van der Waals surface area contributed by atoms with Crippen LogP contribution in [-0.4, -0.2) is 27.6 Å². The van der Waals surface area contributed by atoms with Gasteiger partial charge in [0.05, 0.1) is 37.6 Å². The highest BCUT2D eigenvalue weighted by Crippen LogP contribution is 2.43. The van der Waals surface area contributed by atoms with Gasteiger partial charge in [-0.05, 0) is 73.4 Å². The number of anilines is 2. The van der Waals surface area contributed by atoms with Crippen molar-refractivity contribution in [3.05, 3.63) is 87.5 Å². The van der Waals surface area contributed by atoms with E-state index in [0.29, 0.717) is 31.7 Å². The van der Waals surface area contributed by atoms with Crippen molar-refractivity contribution in [2.24, 2.45) is 11.8 Å². The zero-order chi connectivity index (χ0) is 31.0. The largest absolute Gasteiger partial charge is 0.321 e. The molecule has 1 saturated heterocycles. The van der Waals surface area contributed by atoms with Gasteiger partial charge >= 0.3 is 0 Å². The molecule has 220 valence electrons. The zero-order valence-electron chi connectivity index (χ0n) is 23.5. The first-order valence-corrected chi connectivity index (χ1v) is 15.6. The average molecular weight is 624 g/mol. The Hall–Kier alpha value is -4.86. The number of amides is 3. The van der Waals surface area contributed by atoms with Crippen LogP contribution in [0.4, 0.5) is 17.1 Å². The predicted octanol–water partition coefficient (Wildman–Crippen LogP) is 6.89. The van der Waals surface area contributed by atoms with Gasteiger partial charge in [-0.25, -0.2) is 4.98 Å². The molecule has 0 spiro atoms. The Labute approximate surface area is 260 Å². The summed E-state index contributed by atoms with van der Waals surface area (Å²) < 4.78 is 1.30. The number of aromatic nitrogens is 1. The number of nitrogens with zero attached hydrogens (tertiary/aromatic N) is 4. The maximum absolute atomic E-state index is 13.1. The number of rotatable bonds is 7. The smallest absolute Gasteiger partial charge is 0.283 e. The standard InChI is InChI=1S/C32H25N5O5S2/c1-18-5-4-6-21(13-18)34-29(38)20(17-33)14-19-9-12-27(26(15-19)37(41)42)43-32-35-25-11-10-22(16-28(25)44-32)36-30(39)23-7-2-3-8-24(23)31(36)40/h4-6,9-16,23-24H,2-3,7-8H2,1H3,(H,34,38)/b20-14+/t23-,24-/m1/s1. The van der Waals surface area contributed by atoms with Crippen molar-refractivity contribution >= 4 is 74.2 Å². The highest BCUT2D eigenvalue weighted by atomic mass is 32.2. The van der Waals surface area contributed by atoms with Crippen molar-refractivity contribution in [2.75, 3.05) is 10.2 Å².